The summed E-state index contributed by atoms with van der Waals surface area (Å²) in [7, 11) is 0. The van der Waals surface area contributed by atoms with Crippen molar-refractivity contribution in [2.75, 3.05) is 0 Å². The Kier molecular flexibility index (Phi) is 0.976. The molecule has 0 spiro atoms. The first kappa shape index (κ1) is 6.47. The van der Waals surface area contributed by atoms with E-state index in [1.807, 2.05) is 0 Å². The lowest BCUT2D eigenvalue weighted by atomic mass is 9.43. The Morgan fingerprint density at radius 2 is 1.82 bits per heavy atom. The molecule has 4 bridgehead atoms. The first-order valence-corrected chi connectivity index (χ1v) is 4.96. The van der Waals surface area contributed by atoms with Crippen LogP contribution < -0.4 is 5.73 Å². The van der Waals surface area contributed by atoms with E-state index in [0.29, 0.717) is 0 Å². The fourth-order valence-electron chi connectivity index (χ4n) is 4.31. The zero-order chi connectivity index (χ0) is 7.64. The third-order valence-corrected chi connectivity index (χ3v) is 4.38. The minimum Gasteiger partial charge on any atom is -0.325 e. The van der Waals surface area contributed by atoms with Gasteiger partial charge in [-0.2, -0.15) is 0 Å². The minimum absolute atomic E-state index is 0.217. The predicted octanol–water partition coefficient (Wildman–Crippen LogP) is 1.77. The number of fused-ring (bicyclic) bond motifs is 1. The lowest BCUT2D eigenvalue weighted by molar-refractivity contribution is -0.118. The molecule has 5 fully saturated rings. The highest BCUT2D eigenvalue weighted by Crippen LogP contribution is 2.62. The van der Waals surface area contributed by atoms with Crippen molar-refractivity contribution in [2.24, 2.45) is 29.4 Å². The molecule has 5 aliphatic carbocycles. The van der Waals surface area contributed by atoms with Crippen LogP contribution in [-0.4, -0.2) is 5.54 Å². The smallest absolute Gasteiger partial charge is 0.0162 e. The van der Waals surface area contributed by atoms with Gasteiger partial charge in [0, 0.05) is 5.54 Å². The van der Waals surface area contributed by atoms with Gasteiger partial charge >= 0.3 is 0 Å². The molecule has 5 aliphatic rings. The van der Waals surface area contributed by atoms with Crippen LogP contribution in [0.2, 0.25) is 0 Å². The molecule has 0 amide bonds. The van der Waals surface area contributed by atoms with Gasteiger partial charge in [0.05, 0.1) is 0 Å². The Bertz CT molecular complexity index is 185. The Balaban J connectivity index is 1.96. The van der Waals surface area contributed by atoms with E-state index in [-0.39, 0.29) is 5.54 Å². The zero-order valence-electron chi connectivity index (χ0n) is 7.22. The molecule has 2 N–H and O–H groups in total. The average molecular weight is 151 g/mol. The van der Waals surface area contributed by atoms with E-state index in [0.717, 1.165) is 23.7 Å². The second-order valence-electron chi connectivity index (χ2n) is 5.33. The van der Waals surface area contributed by atoms with Crippen LogP contribution >= 0.6 is 0 Å². The average Bonchev–Trinajstić information content (AvgIpc) is 1.81. The number of nitrogens with two attached hydrogens (primary N) is 1. The van der Waals surface area contributed by atoms with Crippen LogP contribution in [0.3, 0.4) is 0 Å². The fraction of sp³-hybridized carbons (Fsp3) is 1.00. The van der Waals surface area contributed by atoms with Crippen LogP contribution in [0.15, 0.2) is 0 Å². The first-order chi connectivity index (χ1) is 5.17. The van der Waals surface area contributed by atoms with Crippen molar-refractivity contribution in [3.63, 3.8) is 0 Å². The second kappa shape index (κ2) is 1.66. The maximum atomic E-state index is 6.28. The molecule has 0 aromatic carbocycles. The van der Waals surface area contributed by atoms with Gasteiger partial charge in [0.2, 0.25) is 0 Å². The number of hydrogen-bond donors (Lipinski definition) is 1. The Hall–Kier alpha value is -0.0400. The van der Waals surface area contributed by atoms with Gasteiger partial charge in [-0.3, -0.25) is 0 Å². The highest BCUT2D eigenvalue weighted by Gasteiger charge is 2.58. The molecular weight excluding hydrogens is 134 g/mol. The molecule has 62 valence electrons. The van der Waals surface area contributed by atoms with Crippen molar-refractivity contribution in [2.45, 2.75) is 38.1 Å². The largest absolute Gasteiger partial charge is 0.325 e. The van der Waals surface area contributed by atoms with Crippen LogP contribution in [0.4, 0.5) is 0 Å². The van der Waals surface area contributed by atoms with Crippen LogP contribution in [0, 0.1) is 23.7 Å². The molecule has 11 heavy (non-hydrogen) atoms. The van der Waals surface area contributed by atoms with E-state index in [2.05, 4.69) is 6.92 Å². The Morgan fingerprint density at radius 1 is 1.18 bits per heavy atom. The summed E-state index contributed by atoms with van der Waals surface area (Å²) >= 11 is 0. The van der Waals surface area contributed by atoms with Crippen LogP contribution in [0.25, 0.3) is 0 Å². The van der Waals surface area contributed by atoms with Gasteiger partial charge in [-0.05, 0) is 56.3 Å². The second-order valence-corrected chi connectivity index (χ2v) is 5.33. The van der Waals surface area contributed by atoms with Gasteiger partial charge in [0.15, 0.2) is 0 Å². The lowest BCUT2D eigenvalue weighted by Crippen LogP contribution is -2.64. The topological polar surface area (TPSA) is 26.0 Å². The highest BCUT2D eigenvalue weighted by molar-refractivity contribution is 5.11. The molecular formula is C10H17N. The van der Waals surface area contributed by atoms with Crippen LogP contribution in [-0.2, 0) is 0 Å². The highest BCUT2D eigenvalue weighted by atomic mass is 14.8. The first-order valence-electron chi connectivity index (χ1n) is 4.96. The molecule has 0 aliphatic heterocycles. The van der Waals surface area contributed by atoms with Crippen molar-refractivity contribution in [1.29, 1.82) is 0 Å². The third kappa shape index (κ3) is 0.658. The van der Waals surface area contributed by atoms with Gasteiger partial charge in [-0.1, -0.05) is 0 Å². The van der Waals surface area contributed by atoms with Gasteiger partial charge in [-0.25, -0.2) is 0 Å². The van der Waals surface area contributed by atoms with E-state index in [1.54, 1.807) is 0 Å². The van der Waals surface area contributed by atoms with Crippen molar-refractivity contribution < 1.29 is 0 Å². The van der Waals surface area contributed by atoms with E-state index in [9.17, 15) is 0 Å². The van der Waals surface area contributed by atoms with Gasteiger partial charge in [0.25, 0.3) is 0 Å². The molecule has 1 heteroatoms. The number of rotatable bonds is 0. The maximum absolute atomic E-state index is 6.28. The Labute approximate surface area is 68.3 Å². The minimum atomic E-state index is 0.217. The summed E-state index contributed by atoms with van der Waals surface area (Å²) in [5.74, 6) is 3.97. The summed E-state index contributed by atoms with van der Waals surface area (Å²) in [4.78, 5) is 0. The summed E-state index contributed by atoms with van der Waals surface area (Å²) in [6, 6.07) is 0. The lowest BCUT2D eigenvalue weighted by Gasteiger charge is -2.64. The van der Waals surface area contributed by atoms with E-state index < -0.39 is 0 Å². The normalized spacial score (nSPS) is 66.0. The molecule has 0 heterocycles. The summed E-state index contributed by atoms with van der Waals surface area (Å²) < 4.78 is 0. The molecule has 3 atom stereocenters. The van der Waals surface area contributed by atoms with E-state index >= 15 is 0 Å². The van der Waals surface area contributed by atoms with Crippen molar-refractivity contribution in [3.8, 4) is 0 Å². The number of hydrogen-bond acceptors (Lipinski definition) is 1. The van der Waals surface area contributed by atoms with Gasteiger partial charge in [-0.15, -0.1) is 0 Å². The fourth-order valence-corrected chi connectivity index (χ4v) is 4.31. The molecule has 0 aromatic rings. The quantitative estimate of drug-likeness (QED) is 0.561. The van der Waals surface area contributed by atoms with E-state index in [1.165, 1.54) is 25.7 Å². The molecule has 0 aromatic heterocycles. The molecule has 3 unspecified atom stereocenters. The summed E-state index contributed by atoms with van der Waals surface area (Å²) in [6.45, 7) is 2.28. The summed E-state index contributed by atoms with van der Waals surface area (Å²) in [6.07, 6.45) is 5.83. The Morgan fingerprint density at radius 3 is 2.18 bits per heavy atom. The maximum Gasteiger partial charge on any atom is 0.0162 e. The van der Waals surface area contributed by atoms with Crippen LogP contribution in [0.1, 0.15) is 32.6 Å². The van der Waals surface area contributed by atoms with Gasteiger partial charge in [0.1, 0.15) is 0 Å². The molecule has 5 rings (SSSR count). The molecule has 5 saturated carbocycles. The monoisotopic (exact) mass is 151 g/mol. The van der Waals surface area contributed by atoms with Gasteiger partial charge < -0.3 is 5.73 Å². The van der Waals surface area contributed by atoms with E-state index in [4.69, 9.17) is 5.73 Å². The van der Waals surface area contributed by atoms with Crippen molar-refractivity contribution in [1.82, 2.24) is 0 Å². The SMILES string of the molecule is CC1(N)CC2CC3CC(C2)C31. The molecule has 0 saturated heterocycles. The standard InChI is InChI=1S/C10H17N/c1-10(11)5-6-2-7-4-8(3-6)9(7)10/h6-9H,2-5,11H2,1H3. The predicted molar refractivity (Wildman–Crippen MR) is 45.0 cm³/mol. The molecule has 0 radical (unpaired) electrons. The zero-order valence-corrected chi connectivity index (χ0v) is 7.22. The van der Waals surface area contributed by atoms with Crippen molar-refractivity contribution in [3.05, 3.63) is 0 Å². The summed E-state index contributed by atoms with van der Waals surface area (Å²) in [5.41, 5.74) is 6.50. The third-order valence-electron chi connectivity index (χ3n) is 4.38. The van der Waals surface area contributed by atoms with Crippen LogP contribution in [0.5, 0.6) is 0 Å². The summed E-state index contributed by atoms with van der Waals surface area (Å²) in [5, 5.41) is 0. The van der Waals surface area contributed by atoms with Crippen molar-refractivity contribution >= 4 is 0 Å². The molecule has 1 nitrogen and oxygen atoms in total.